The molecule has 0 saturated heterocycles. The molecule has 106 valence electrons. The highest BCUT2D eigenvalue weighted by Gasteiger charge is 2.10. The van der Waals surface area contributed by atoms with Gasteiger partial charge in [0.1, 0.15) is 17.2 Å². The molecule has 0 atom stereocenters. The Morgan fingerprint density at radius 2 is 1.60 bits per heavy atom. The van der Waals surface area contributed by atoms with Crippen molar-refractivity contribution < 1.29 is 9.84 Å². The summed E-state index contributed by atoms with van der Waals surface area (Å²) in [7, 11) is 0. The molecule has 2 aromatic rings. The highest BCUT2D eigenvalue weighted by Crippen LogP contribution is 2.33. The van der Waals surface area contributed by atoms with Gasteiger partial charge in [-0.25, -0.2) is 0 Å². The highest BCUT2D eigenvalue weighted by atomic mass is 16.5. The van der Waals surface area contributed by atoms with Crippen LogP contribution in [-0.4, -0.2) is 5.11 Å². The molecule has 0 aliphatic rings. The first-order valence-corrected chi connectivity index (χ1v) is 7.08. The maximum atomic E-state index is 9.82. The number of aromatic hydroxyl groups is 1. The van der Waals surface area contributed by atoms with Crippen LogP contribution in [0.1, 0.15) is 50.7 Å². The molecule has 0 aliphatic carbocycles. The molecule has 2 heteroatoms. The number of phenolic OH excluding ortho intramolecular Hbond substituents is 1. The van der Waals surface area contributed by atoms with E-state index in [1.54, 1.807) is 12.1 Å². The van der Waals surface area contributed by atoms with Gasteiger partial charge in [-0.3, -0.25) is 0 Å². The van der Waals surface area contributed by atoms with Crippen molar-refractivity contribution in [2.45, 2.75) is 39.5 Å². The summed E-state index contributed by atoms with van der Waals surface area (Å²) in [5.41, 5.74) is 2.24. The van der Waals surface area contributed by atoms with Crippen molar-refractivity contribution in [3.8, 4) is 17.2 Å². The number of benzene rings is 2. The lowest BCUT2D eigenvalue weighted by molar-refractivity contribution is 0.449. The molecule has 2 rings (SSSR count). The summed E-state index contributed by atoms with van der Waals surface area (Å²) in [4.78, 5) is 0. The molecule has 0 saturated carbocycles. The van der Waals surface area contributed by atoms with Crippen LogP contribution in [0.25, 0.3) is 0 Å². The number of para-hydroxylation sites is 1. The normalized spacial score (nSPS) is 11.1. The molecule has 0 aliphatic heterocycles. The molecule has 0 aromatic heterocycles. The molecular weight excluding hydrogens is 248 g/mol. The maximum absolute atomic E-state index is 9.82. The Balaban J connectivity index is 2.35. The first kappa shape index (κ1) is 14.4. The molecule has 0 fully saturated rings. The number of phenols is 1. The standard InChI is InChI=1S/C18H22O2/c1-12(2)14-9-15(19)11-16(10-14)20-18-8-6-5-7-17(18)13(3)4/h5-13,19H,1-4H3. The number of rotatable bonds is 4. The number of hydrogen-bond donors (Lipinski definition) is 1. The lowest BCUT2D eigenvalue weighted by atomic mass is 10.0. The van der Waals surface area contributed by atoms with Crippen molar-refractivity contribution in [2.75, 3.05) is 0 Å². The number of ether oxygens (including phenoxy) is 1. The Morgan fingerprint density at radius 1 is 0.900 bits per heavy atom. The van der Waals surface area contributed by atoms with Crippen molar-refractivity contribution in [3.63, 3.8) is 0 Å². The molecule has 0 unspecified atom stereocenters. The minimum atomic E-state index is 0.244. The molecule has 20 heavy (non-hydrogen) atoms. The lowest BCUT2D eigenvalue weighted by Gasteiger charge is -2.15. The Bertz CT molecular complexity index is 586. The van der Waals surface area contributed by atoms with Crippen LogP contribution in [0.3, 0.4) is 0 Å². The summed E-state index contributed by atoms with van der Waals surface area (Å²) in [6, 6.07) is 13.5. The highest BCUT2D eigenvalue weighted by molar-refractivity contribution is 5.44. The third-order valence-corrected chi connectivity index (χ3v) is 3.35. The van der Waals surface area contributed by atoms with Crippen LogP contribution < -0.4 is 4.74 Å². The van der Waals surface area contributed by atoms with E-state index in [9.17, 15) is 5.11 Å². The van der Waals surface area contributed by atoms with Crippen LogP contribution in [0.2, 0.25) is 0 Å². The van der Waals surface area contributed by atoms with E-state index in [4.69, 9.17) is 4.74 Å². The van der Waals surface area contributed by atoms with Crippen LogP contribution in [-0.2, 0) is 0 Å². The molecule has 1 N–H and O–H groups in total. The fourth-order valence-electron chi connectivity index (χ4n) is 2.18. The molecule has 0 amide bonds. The summed E-state index contributed by atoms with van der Waals surface area (Å²) in [6.07, 6.45) is 0. The quantitative estimate of drug-likeness (QED) is 0.802. The first-order valence-electron chi connectivity index (χ1n) is 7.08. The summed E-state index contributed by atoms with van der Waals surface area (Å²) < 4.78 is 5.98. The summed E-state index contributed by atoms with van der Waals surface area (Å²) in [6.45, 7) is 8.48. The second-order valence-corrected chi connectivity index (χ2v) is 5.71. The van der Waals surface area contributed by atoms with Gasteiger partial charge in [0.25, 0.3) is 0 Å². The Hall–Kier alpha value is -1.96. The van der Waals surface area contributed by atoms with Crippen molar-refractivity contribution >= 4 is 0 Å². The van der Waals surface area contributed by atoms with Crippen molar-refractivity contribution in [3.05, 3.63) is 53.6 Å². The zero-order chi connectivity index (χ0) is 14.7. The van der Waals surface area contributed by atoms with Crippen LogP contribution in [0, 0.1) is 0 Å². The summed E-state index contributed by atoms with van der Waals surface area (Å²) >= 11 is 0. The van der Waals surface area contributed by atoms with E-state index in [1.165, 1.54) is 5.56 Å². The van der Waals surface area contributed by atoms with E-state index < -0.39 is 0 Å². The SMILES string of the molecule is CC(C)c1cc(O)cc(Oc2ccccc2C(C)C)c1. The van der Waals surface area contributed by atoms with Gasteiger partial charge in [0.2, 0.25) is 0 Å². The van der Waals surface area contributed by atoms with Gasteiger partial charge in [-0.05, 0) is 41.2 Å². The topological polar surface area (TPSA) is 29.5 Å². The average molecular weight is 270 g/mol. The van der Waals surface area contributed by atoms with Gasteiger partial charge in [0.15, 0.2) is 0 Å². The average Bonchev–Trinajstić information content (AvgIpc) is 2.38. The van der Waals surface area contributed by atoms with Crippen molar-refractivity contribution in [1.82, 2.24) is 0 Å². The van der Waals surface area contributed by atoms with E-state index in [0.29, 0.717) is 17.6 Å². The second-order valence-electron chi connectivity index (χ2n) is 5.71. The molecule has 0 spiro atoms. The van der Waals surface area contributed by atoms with E-state index in [-0.39, 0.29) is 5.75 Å². The van der Waals surface area contributed by atoms with E-state index >= 15 is 0 Å². The van der Waals surface area contributed by atoms with Crippen LogP contribution in [0.5, 0.6) is 17.2 Å². The Kier molecular flexibility index (Phi) is 4.33. The fraction of sp³-hybridized carbons (Fsp3) is 0.333. The largest absolute Gasteiger partial charge is 0.508 e. The molecule has 0 bridgehead atoms. The third-order valence-electron chi connectivity index (χ3n) is 3.35. The van der Waals surface area contributed by atoms with Crippen LogP contribution in [0.15, 0.2) is 42.5 Å². The van der Waals surface area contributed by atoms with Gasteiger partial charge in [0, 0.05) is 6.07 Å². The lowest BCUT2D eigenvalue weighted by Crippen LogP contribution is -1.95. The zero-order valence-electron chi connectivity index (χ0n) is 12.6. The third kappa shape index (κ3) is 3.32. The summed E-state index contributed by atoms with van der Waals surface area (Å²) in [5.74, 6) is 2.52. The minimum Gasteiger partial charge on any atom is -0.508 e. The van der Waals surface area contributed by atoms with Gasteiger partial charge in [-0.15, -0.1) is 0 Å². The molecule has 0 radical (unpaired) electrons. The minimum absolute atomic E-state index is 0.244. The van der Waals surface area contributed by atoms with Crippen molar-refractivity contribution in [2.24, 2.45) is 0 Å². The molecule has 2 aromatic carbocycles. The van der Waals surface area contributed by atoms with Crippen LogP contribution >= 0.6 is 0 Å². The smallest absolute Gasteiger partial charge is 0.131 e. The maximum Gasteiger partial charge on any atom is 0.131 e. The first-order chi connectivity index (χ1) is 9.47. The number of hydrogen-bond acceptors (Lipinski definition) is 2. The Morgan fingerprint density at radius 3 is 2.25 bits per heavy atom. The van der Waals surface area contributed by atoms with Gasteiger partial charge >= 0.3 is 0 Å². The summed E-state index contributed by atoms with van der Waals surface area (Å²) in [5, 5.41) is 9.82. The predicted molar refractivity (Wildman–Crippen MR) is 82.8 cm³/mol. The van der Waals surface area contributed by atoms with E-state index in [2.05, 4.69) is 33.8 Å². The second kappa shape index (κ2) is 6.00. The monoisotopic (exact) mass is 270 g/mol. The molecule has 2 nitrogen and oxygen atoms in total. The zero-order valence-corrected chi connectivity index (χ0v) is 12.6. The van der Waals surface area contributed by atoms with Crippen molar-refractivity contribution in [1.29, 1.82) is 0 Å². The Labute approximate surface area is 121 Å². The van der Waals surface area contributed by atoms with Gasteiger partial charge in [-0.2, -0.15) is 0 Å². The van der Waals surface area contributed by atoms with E-state index in [0.717, 1.165) is 11.3 Å². The predicted octanol–water partition coefficient (Wildman–Crippen LogP) is 5.43. The van der Waals surface area contributed by atoms with E-state index in [1.807, 2.05) is 24.3 Å². The molecular formula is C18H22O2. The fourth-order valence-corrected chi connectivity index (χ4v) is 2.18. The molecule has 0 heterocycles. The van der Waals surface area contributed by atoms with Gasteiger partial charge < -0.3 is 9.84 Å². The van der Waals surface area contributed by atoms with Gasteiger partial charge in [-0.1, -0.05) is 45.9 Å². The van der Waals surface area contributed by atoms with Crippen LogP contribution in [0.4, 0.5) is 0 Å². The van der Waals surface area contributed by atoms with Gasteiger partial charge in [0.05, 0.1) is 0 Å².